The SMILES string of the molecule is C=C1C=C(C2CC2)C2=C(C1)C(=C)C=C(c1ccnc(C=CC3=C=Cc4ccccc4O3)c1)N=C2CCC1CCNCC1(C)C. The van der Waals surface area contributed by atoms with Crippen molar-refractivity contribution in [2.75, 3.05) is 13.1 Å². The minimum Gasteiger partial charge on any atom is -0.448 e. The number of piperidine rings is 1. The van der Waals surface area contributed by atoms with Gasteiger partial charge in [-0.2, -0.15) is 0 Å². The van der Waals surface area contributed by atoms with Crippen molar-refractivity contribution in [3.8, 4) is 5.75 Å². The Kier molecular flexibility index (Phi) is 7.58. The summed E-state index contributed by atoms with van der Waals surface area (Å²) in [6.45, 7) is 16.0. The van der Waals surface area contributed by atoms with Crippen LogP contribution >= 0.6 is 0 Å². The monoisotopic (exact) mass is 579 g/mol. The maximum absolute atomic E-state index is 6.03. The van der Waals surface area contributed by atoms with E-state index in [2.05, 4.69) is 67.3 Å². The Morgan fingerprint density at radius 2 is 1.95 bits per heavy atom. The summed E-state index contributed by atoms with van der Waals surface area (Å²) >= 11 is 0. The Morgan fingerprint density at radius 1 is 1.09 bits per heavy atom. The molecule has 2 fully saturated rings. The molecule has 1 saturated carbocycles. The van der Waals surface area contributed by atoms with Crippen molar-refractivity contribution < 1.29 is 4.74 Å². The van der Waals surface area contributed by atoms with E-state index in [1.165, 1.54) is 47.3 Å². The van der Waals surface area contributed by atoms with Gasteiger partial charge in [-0.3, -0.25) is 9.98 Å². The first-order chi connectivity index (χ1) is 21.3. The summed E-state index contributed by atoms with van der Waals surface area (Å²) in [4.78, 5) is 10.1. The molecule has 44 heavy (non-hydrogen) atoms. The van der Waals surface area contributed by atoms with E-state index in [1.54, 1.807) is 0 Å². The smallest absolute Gasteiger partial charge is 0.169 e. The van der Waals surface area contributed by atoms with Gasteiger partial charge in [-0.1, -0.05) is 62.6 Å². The van der Waals surface area contributed by atoms with Crippen LogP contribution in [0.25, 0.3) is 17.8 Å². The van der Waals surface area contributed by atoms with Gasteiger partial charge in [-0.25, -0.2) is 0 Å². The molecule has 1 aromatic carbocycles. The van der Waals surface area contributed by atoms with Gasteiger partial charge in [0, 0.05) is 35.2 Å². The molecule has 0 amide bonds. The molecule has 1 saturated heterocycles. The highest BCUT2D eigenvalue weighted by Gasteiger charge is 2.36. The zero-order chi connectivity index (χ0) is 30.3. The molecule has 222 valence electrons. The van der Waals surface area contributed by atoms with Gasteiger partial charge in [0.15, 0.2) is 5.76 Å². The van der Waals surface area contributed by atoms with E-state index < -0.39 is 0 Å². The lowest BCUT2D eigenvalue weighted by Gasteiger charge is -2.39. The molecule has 1 N–H and O–H groups in total. The summed E-state index contributed by atoms with van der Waals surface area (Å²) in [6.07, 6.45) is 18.9. The van der Waals surface area contributed by atoms with Crippen molar-refractivity contribution in [3.63, 3.8) is 0 Å². The molecule has 3 aliphatic heterocycles. The molecule has 4 nitrogen and oxygen atoms in total. The van der Waals surface area contributed by atoms with Gasteiger partial charge >= 0.3 is 0 Å². The Labute approximate surface area is 261 Å². The van der Waals surface area contributed by atoms with Crippen LogP contribution in [-0.2, 0) is 0 Å². The van der Waals surface area contributed by atoms with Crippen molar-refractivity contribution >= 4 is 23.6 Å². The van der Waals surface area contributed by atoms with Gasteiger partial charge in [-0.05, 0) is 122 Å². The third-order valence-electron chi connectivity index (χ3n) is 9.69. The summed E-state index contributed by atoms with van der Waals surface area (Å²) in [6, 6.07) is 12.1. The van der Waals surface area contributed by atoms with E-state index in [9.17, 15) is 0 Å². The van der Waals surface area contributed by atoms with Crippen LogP contribution in [-0.4, -0.2) is 23.8 Å². The molecule has 0 bridgehead atoms. The molecule has 1 unspecified atom stereocenters. The predicted molar refractivity (Wildman–Crippen MR) is 182 cm³/mol. The Hall–Kier alpha value is -4.24. The largest absolute Gasteiger partial charge is 0.448 e. The van der Waals surface area contributed by atoms with Crippen LogP contribution in [0, 0.1) is 17.3 Å². The van der Waals surface area contributed by atoms with E-state index in [0.717, 1.165) is 66.2 Å². The number of rotatable bonds is 7. The average molecular weight is 580 g/mol. The molecule has 0 spiro atoms. The molecule has 2 aliphatic carbocycles. The first-order valence-electron chi connectivity index (χ1n) is 16.0. The first kappa shape index (κ1) is 28.5. The predicted octanol–water partition coefficient (Wildman–Crippen LogP) is 9.04. The maximum atomic E-state index is 6.03. The van der Waals surface area contributed by atoms with Crippen molar-refractivity contribution in [2.45, 2.75) is 52.4 Å². The van der Waals surface area contributed by atoms with Crippen LogP contribution in [0.2, 0.25) is 0 Å². The van der Waals surface area contributed by atoms with E-state index in [4.69, 9.17) is 9.73 Å². The second kappa shape index (κ2) is 11.7. The summed E-state index contributed by atoms with van der Waals surface area (Å²) in [5.41, 5.74) is 14.9. The lowest BCUT2D eigenvalue weighted by atomic mass is 9.71. The highest BCUT2D eigenvalue weighted by molar-refractivity contribution is 6.09. The normalized spacial score (nSPS) is 22.8. The van der Waals surface area contributed by atoms with Gasteiger partial charge in [0.05, 0.1) is 11.4 Å². The quantitative estimate of drug-likeness (QED) is 0.333. The lowest BCUT2D eigenvalue weighted by molar-refractivity contribution is 0.148. The van der Waals surface area contributed by atoms with E-state index in [0.29, 0.717) is 17.6 Å². The Balaban J connectivity index is 1.21. The lowest BCUT2D eigenvalue weighted by Crippen LogP contribution is -2.42. The van der Waals surface area contributed by atoms with Crippen molar-refractivity contribution in [3.05, 3.63) is 130 Å². The van der Waals surface area contributed by atoms with Crippen LogP contribution in [0.4, 0.5) is 0 Å². The molecule has 0 radical (unpaired) electrons. The summed E-state index contributed by atoms with van der Waals surface area (Å²) in [7, 11) is 0. The first-order valence-corrected chi connectivity index (χ1v) is 16.0. The van der Waals surface area contributed by atoms with Crippen LogP contribution in [0.5, 0.6) is 5.75 Å². The number of pyridine rings is 1. The van der Waals surface area contributed by atoms with Crippen LogP contribution in [0.15, 0.2) is 118 Å². The fourth-order valence-electron chi connectivity index (χ4n) is 6.98. The molecule has 4 heterocycles. The average Bonchev–Trinajstić information content (AvgIpc) is 3.88. The zero-order valence-electron chi connectivity index (χ0n) is 26.0. The highest BCUT2D eigenvalue weighted by Crippen LogP contribution is 2.48. The fourth-order valence-corrected chi connectivity index (χ4v) is 6.98. The molecular weight excluding hydrogens is 538 g/mol. The fraction of sp³-hybridized carbons (Fsp3) is 0.325. The molecule has 7 rings (SSSR count). The van der Waals surface area contributed by atoms with E-state index >= 15 is 0 Å². The topological polar surface area (TPSA) is 46.5 Å². The van der Waals surface area contributed by atoms with Crippen molar-refractivity contribution in [2.24, 2.45) is 22.2 Å². The number of allylic oxidation sites excluding steroid dienone is 8. The summed E-state index contributed by atoms with van der Waals surface area (Å²) < 4.78 is 6.03. The third kappa shape index (κ3) is 5.93. The molecule has 5 aliphatic rings. The molecule has 1 aromatic heterocycles. The second-order valence-corrected chi connectivity index (χ2v) is 13.5. The Bertz CT molecular complexity index is 1760. The number of ether oxygens (including phenoxy) is 1. The molecule has 4 heteroatoms. The second-order valence-electron chi connectivity index (χ2n) is 13.5. The zero-order valence-corrected chi connectivity index (χ0v) is 26.0. The number of nitrogens with one attached hydrogen (secondary N) is 1. The van der Waals surface area contributed by atoms with Crippen molar-refractivity contribution in [1.29, 1.82) is 0 Å². The van der Waals surface area contributed by atoms with Gasteiger partial charge in [0.2, 0.25) is 0 Å². The molecule has 2 aromatic rings. The maximum Gasteiger partial charge on any atom is 0.169 e. The number of aromatic nitrogens is 1. The minimum atomic E-state index is 0.278. The van der Waals surface area contributed by atoms with Gasteiger partial charge in [0.1, 0.15) is 5.75 Å². The highest BCUT2D eigenvalue weighted by atomic mass is 16.5. The van der Waals surface area contributed by atoms with Crippen LogP contribution in [0.3, 0.4) is 0 Å². The van der Waals surface area contributed by atoms with Crippen molar-refractivity contribution in [1.82, 2.24) is 10.3 Å². The number of hydrogen-bond donors (Lipinski definition) is 1. The number of nitrogens with zero attached hydrogens (tertiary/aromatic N) is 2. The third-order valence-corrected chi connectivity index (χ3v) is 9.69. The summed E-state index contributed by atoms with van der Waals surface area (Å²) in [5.74, 6) is 2.78. The Morgan fingerprint density at radius 3 is 2.80 bits per heavy atom. The van der Waals surface area contributed by atoms with Gasteiger partial charge in [-0.15, -0.1) is 0 Å². The number of hydrogen-bond acceptors (Lipinski definition) is 4. The van der Waals surface area contributed by atoms with Crippen LogP contribution < -0.4 is 10.1 Å². The summed E-state index contributed by atoms with van der Waals surface area (Å²) in [5, 5.41) is 3.60. The number of aliphatic imine (C=N–C) groups is 1. The standard InChI is InChI=1S/C40H41N3O/c1-26-21-34-27(2)23-37(30-17-20-42-32(24-30)13-15-33-14-11-29-7-5-6-8-38(29)44-33)43-36(39(34)35(22-26)28-9-10-28)16-12-31-18-19-41-25-40(31,3)4/h5-8,11,13,15,17,20,22-24,28,31,41H,1-2,9-10,12,16,18-19,21,25H2,3-4H3. The molecule has 1 atom stereocenters. The van der Waals surface area contributed by atoms with Crippen LogP contribution in [0.1, 0.15) is 69.2 Å². The van der Waals surface area contributed by atoms with Gasteiger partial charge < -0.3 is 10.1 Å². The minimum absolute atomic E-state index is 0.278. The number of benzene rings is 1. The van der Waals surface area contributed by atoms with Gasteiger partial charge in [0.25, 0.3) is 0 Å². The number of para-hydroxylation sites is 1. The van der Waals surface area contributed by atoms with E-state index in [1.807, 2.05) is 48.7 Å². The molecular formula is C40H41N3O. The van der Waals surface area contributed by atoms with E-state index in [-0.39, 0.29) is 5.41 Å². The number of fused-ring (bicyclic) bond motifs is 1.